The van der Waals surface area contributed by atoms with Crippen molar-refractivity contribution in [3.8, 4) is 23.0 Å². The van der Waals surface area contributed by atoms with E-state index in [4.69, 9.17) is 18.9 Å². The Balaban J connectivity index is 1.38. The summed E-state index contributed by atoms with van der Waals surface area (Å²) in [6.45, 7) is 0.993. The molecule has 0 bridgehead atoms. The molecule has 3 aliphatic rings. The first kappa shape index (κ1) is 19.5. The largest absolute Gasteiger partial charge is 0.497 e. The zero-order valence-corrected chi connectivity index (χ0v) is 18.0. The van der Waals surface area contributed by atoms with Crippen molar-refractivity contribution in [2.75, 3.05) is 25.8 Å². The molecule has 6 rings (SSSR count). The molecule has 7 heteroatoms. The number of fused-ring (bicyclic) bond motifs is 3. The van der Waals surface area contributed by atoms with Crippen molar-refractivity contribution in [1.82, 2.24) is 4.90 Å². The third kappa shape index (κ3) is 3.42. The van der Waals surface area contributed by atoms with E-state index >= 15 is 0 Å². The van der Waals surface area contributed by atoms with E-state index in [1.54, 1.807) is 7.11 Å². The van der Waals surface area contributed by atoms with Crippen LogP contribution in [0.3, 0.4) is 0 Å². The van der Waals surface area contributed by atoms with Gasteiger partial charge in [-0.15, -0.1) is 0 Å². The van der Waals surface area contributed by atoms with Gasteiger partial charge in [0.15, 0.2) is 11.5 Å². The van der Waals surface area contributed by atoms with E-state index in [-0.39, 0.29) is 18.9 Å². The summed E-state index contributed by atoms with van der Waals surface area (Å²) in [4.78, 5) is 15.4. The Labute approximate surface area is 191 Å². The van der Waals surface area contributed by atoms with Gasteiger partial charge >= 0.3 is 0 Å². The predicted octanol–water partition coefficient (Wildman–Crippen LogP) is 4.29. The molecule has 1 amide bonds. The second-order valence-corrected chi connectivity index (χ2v) is 8.12. The molecule has 0 aromatic heterocycles. The molecule has 1 atom stereocenters. The maximum Gasteiger partial charge on any atom is 0.258 e. The van der Waals surface area contributed by atoms with Gasteiger partial charge in [0.05, 0.1) is 12.7 Å². The van der Waals surface area contributed by atoms with Crippen molar-refractivity contribution in [3.63, 3.8) is 0 Å². The van der Waals surface area contributed by atoms with Crippen molar-refractivity contribution < 1.29 is 23.7 Å². The highest BCUT2D eigenvalue weighted by Gasteiger charge is 2.35. The summed E-state index contributed by atoms with van der Waals surface area (Å²) in [5, 5.41) is 3.55. The van der Waals surface area contributed by atoms with Gasteiger partial charge < -0.3 is 29.2 Å². The maximum atomic E-state index is 13.6. The fraction of sp³-hybridized carbons (Fsp3) is 0.192. The molecule has 166 valence electrons. The Bertz CT molecular complexity index is 1290. The Morgan fingerprint density at radius 1 is 1.00 bits per heavy atom. The summed E-state index contributed by atoms with van der Waals surface area (Å²) in [6, 6.07) is 19.1. The van der Waals surface area contributed by atoms with Gasteiger partial charge in [-0.3, -0.25) is 4.79 Å². The number of carbonyl (C=O) groups excluding carboxylic acids is 1. The van der Waals surface area contributed by atoms with Crippen molar-refractivity contribution >= 4 is 17.7 Å². The van der Waals surface area contributed by atoms with E-state index in [1.807, 2.05) is 65.6 Å². The lowest BCUT2D eigenvalue weighted by Crippen LogP contribution is -2.50. The number of amides is 1. The highest BCUT2D eigenvalue weighted by molar-refractivity contribution is 6.02. The van der Waals surface area contributed by atoms with Crippen LogP contribution in [0.2, 0.25) is 0 Å². The number of para-hydroxylation sites is 1. The van der Waals surface area contributed by atoms with Crippen LogP contribution in [0.25, 0.3) is 6.08 Å². The van der Waals surface area contributed by atoms with Crippen LogP contribution in [0.4, 0.5) is 5.69 Å². The van der Waals surface area contributed by atoms with Gasteiger partial charge in [0, 0.05) is 29.4 Å². The van der Waals surface area contributed by atoms with Crippen LogP contribution in [-0.4, -0.2) is 37.5 Å². The molecule has 1 unspecified atom stereocenters. The number of hydrogen-bond acceptors (Lipinski definition) is 6. The number of rotatable bonds is 4. The smallest absolute Gasteiger partial charge is 0.258 e. The molecular formula is C26H22N2O5. The summed E-state index contributed by atoms with van der Waals surface area (Å²) in [5.41, 5.74) is 4.35. The fourth-order valence-electron chi connectivity index (χ4n) is 4.43. The van der Waals surface area contributed by atoms with E-state index < -0.39 is 0 Å². The van der Waals surface area contributed by atoms with Crippen LogP contribution < -0.4 is 24.3 Å². The van der Waals surface area contributed by atoms with E-state index in [1.165, 1.54) is 0 Å². The molecular weight excluding hydrogens is 420 g/mol. The van der Waals surface area contributed by atoms with E-state index in [2.05, 4.69) is 11.4 Å². The standard InChI is InChI=1S/C26H22N2O5/c1-30-19-8-7-17-11-18(14-31-23(17)12-19)25-27-21-5-3-2-4-20(21)26(29)28(25)13-16-6-9-22-24(10-16)33-15-32-22/h2-12,25,27H,13-15H2,1H3. The molecule has 1 N–H and O–H groups in total. The SMILES string of the molecule is COc1ccc2c(c1)OCC(C1Nc3ccccc3C(=O)N1Cc1ccc3c(c1)OCO3)=C2. The Morgan fingerprint density at radius 3 is 2.79 bits per heavy atom. The second kappa shape index (κ2) is 7.78. The first-order valence-corrected chi connectivity index (χ1v) is 10.8. The molecule has 33 heavy (non-hydrogen) atoms. The third-order valence-electron chi connectivity index (χ3n) is 6.12. The maximum absolute atomic E-state index is 13.6. The van der Waals surface area contributed by atoms with Crippen molar-refractivity contribution in [3.05, 3.63) is 82.9 Å². The first-order valence-electron chi connectivity index (χ1n) is 10.8. The van der Waals surface area contributed by atoms with Gasteiger partial charge in [-0.1, -0.05) is 18.2 Å². The molecule has 0 aliphatic carbocycles. The van der Waals surface area contributed by atoms with Crippen molar-refractivity contribution in [2.45, 2.75) is 12.7 Å². The molecule has 0 saturated heterocycles. The summed E-state index contributed by atoms with van der Waals surface area (Å²) in [7, 11) is 1.63. The average Bonchev–Trinajstić information content (AvgIpc) is 3.33. The molecule has 0 spiro atoms. The lowest BCUT2D eigenvalue weighted by molar-refractivity contribution is 0.0688. The normalized spacial score (nSPS) is 18.0. The highest BCUT2D eigenvalue weighted by Crippen LogP contribution is 2.37. The van der Waals surface area contributed by atoms with Gasteiger partial charge in [-0.25, -0.2) is 0 Å². The molecule has 3 aromatic carbocycles. The number of nitrogens with one attached hydrogen (secondary N) is 1. The number of nitrogens with zero attached hydrogens (tertiary/aromatic N) is 1. The Morgan fingerprint density at radius 2 is 1.88 bits per heavy atom. The van der Waals surface area contributed by atoms with Crippen LogP contribution in [0.15, 0.2) is 66.2 Å². The third-order valence-corrected chi connectivity index (χ3v) is 6.12. The molecule has 3 aromatic rings. The molecule has 0 radical (unpaired) electrons. The number of carbonyl (C=O) groups is 1. The van der Waals surface area contributed by atoms with Crippen molar-refractivity contribution in [2.24, 2.45) is 0 Å². The van der Waals surface area contributed by atoms with E-state index in [0.29, 0.717) is 24.5 Å². The van der Waals surface area contributed by atoms with Crippen LogP contribution in [0.5, 0.6) is 23.0 Å². The van der Waals surface area contributed by atoms with Crippen LogP contribution in [0.1, 0.15) is 21.5 Å². The Hall–Kier alpha value is -4.13. The minimum Gasteiger partial charge on any atom is -0.497 e. The topological polar surface area (TPSA) is 69.3 Å². The minimum absolute atomic E-state index is 0.0338. The summed E-state index contributed by atoms with van der Waals surface area (Å²) in [5.74, 6) is 2.90. The molecule has 7 nitrogen and oxygen atoms in total. The molecule has 0 saturated carbocycles. The zero-order valence-electron chi connectivity index (χ0n) is 18.0. The summed E-state index contributed by atoms with van der Waals surface area (Å²) >= 11 is 0. The lowest BCUT2D eigenvalue weighted by Gasteiger charge is -2.40. The molecule has 0 fully saturated rings. The highest BCUT2D eigenvalue weighted by atomic mass is 16.7. The Kier molecular flexibility index (Phi) is 4.61. The second-order valence-electron chi connectivity index (χ2n) is 8.12. The summed E-state index contributed by atoms with van der Waals surface area (Å²) in [6.07, 6.45) is 1.73. The number of benzene rings is 3. The van der Waals surface area contributed by atoms with Crippen molar-refractivity contribution in [1.29, 1.82) is 0 Å². The van der Waals surface area contributed by atoms with Gasteiger partial charge in [0.1, 0.15) is 24.3 Å². The van der Waals surface area contributed by atoms with Crippen LogP contribution in [-0.2, 0) is 6.54 Å². The monoisotopic (exact) mass is 442 g/mol. The quantitative estimate of drug-likeness (QED) is 0.650. The van der Waals surface area contributed by atoms with Gasteiger partial charge in [0.2, 0.25) is 6.79 Å². The van der Waals surface area contributed by atoms with Gasteiger partial charge in [-0.2, -0.15) is 0 Å². The van der Waals surface area contributed by atoms with Crippen LogP contribution in [0, 0.1) is 0 Å². The predicted molar refractivity (Wildman–Crippen MR) is 123 cm³/mol. The number of anilines is 1. The lowest BCUT2D eigenvalue weighted by atomic mass is 9.99. The zero-order chi connectivity index (χ0) is 22.4. The average molecular weight is 442 g/mol. The minimum atomic E-state index is -0.354. The number of methoxy groups -OCH3 is 1. The fourth-order valence-corrected chi connectivity index (χ4v) is 4.43. The van der Waals surface area contributed by atoms with E-state index in [0.717, 1.165) is 39.6 Å². The molecule has 3 aliphatic heterocycles. The van der Waals surface area contributed by atoms with Gasteiger partial charge in [0.25, 0.3) is 5.91 Å². The number of hydrogen-bond donors (Lipinski definition) is 1. The van der Waals surface area contributed by atoms with Crippen LogP contribution >= 0.6 is 0 Å². The van der Waals surface area contributed by atoms with E-state index in [9.17, 15) is 4.79 Å². The first-order chi connectivity index (χ1) is 16.2. The molecule has 3 heterocycles. The summed E-state index contributed by atoms with van der Waals surface area (Å²) < 4.78 is 22.3. The van der Waals surface area contributed by atoms with Gasteiger partial charge in [-0.05, 0) is 48.0 Å². The number of ether oxygens (including phenoxy) is 4.